The number of aromatic nitrogens is 1. The number of hydrogen-bond donors (Lipinski definition) is 4. The Balaban J connectivity index is 1.73. The lowest BCUT2D eigenvalue weighted by molar-refractivity contribution is -0.147. The number of piperidine rings is 1. The molecule has 0 saturated carbocycles. The molecule has 0 bridgehead atoms. The van der Waals surface area contributed by atoms with E-state index in [1.165, 1.54) is 0 Å². The van der Waals surface area contributed by atoms with Crippen molar-refractivity contribution in [1.82, 2.24) is 25.6 Å². The zero-order chi connectivity index (χ0) is 34.1. The van der Waals surface area contributed by atoms with Crippen molar-refractivity contribution in [1.29, 1.82) is 0 Å². The fourth-order valence-corrected chi connectivity index (χ4v) is 6.86. The van der Waals surface area contributed by atoms with E-state index in [1.807, 2.05) is 38.1 Å². The highest BCUT2D eigenvalue weighted by molar-refractivity contribution is 5.98. The highest BCUT2D eigenvalue weighted by Gasteiger charge is 2.42. The van der Waals surface area contributed by atoms with Crippen molar-refractivity contribution in [2.24, 2.45) is 5.92 Å². The van der Waals surface area contributed by atoms with Gasteiger partial charge >= 0.3 is 0 Å². The number of aliphatic hydroxyl groups excluding tert-OH is 1. The second-order valence-corrected chi connectivity index (χ2v) is 13.2. The Kier molecular flexibility index (Phi) is 12.9. The van der Waals surface area contributed by atoms with Gasteiger partial charge < -0.3 is 30.8 Å². The molecule has 2 aliphatic rings. The molecule has 4 N–H and O–H groups in total. The number of carbonyl (C=O) groups excluding carboxylic acids is 4. The average molecular weight is 652 g/mol. The first-order chi connectivity index (χ1) is 22.6. The lowest BCUT2D eigenvalue weighted by Crippen LogP contribution is -2.64. The van der Waals surface area contributed by atoms with Crippen LogP contribution in [0.1, 0.15) is 96.5 Å². The van der Waals surface area contributed by atoms with E-state index >= 15 is 0 Å². The van der Waals surface area contributed by atoms with Crippen LogP contribution in [0.25, 0.3) is 10.9 Å². The number of benzene rings is 1. The number of nitrogens with zero attached hydrogens (tertiary/aromatic N) is 2. The van der Waals surface area contributed by atoms with Gasteiger partial charge in [-0.2, -0.15) is 4.73 Å². The molecule has 7 atom stereocenters. The Labute approximate surface area is 278 Å². The summed E-state index contributed by atoms with van der Waals surface area (Å²) in [5.74, 6) is -2.47. The molecule has 4 amide bonds. The number of fused-ring (bicyclic) bond motifs is 2. The van der Waals surface area contributed by atoms with Gasteiger partial charge in [-0.1, -0.05) is 70.2 Å². The number of hydrogen-bond acceptors (Lipinski definition) is 6. The maximum absolute atomic E-state index is 14.4. The molecule has 4 rings (SSSR count). The molecule has 0 radical (unpaired) electrons. The van der Waals surface area contributed by atoms with Crippen LogP contribution in [0, 0.1) is 5.92 Å². The lowest BCUT2D eigenvalue weighted by atomic mass is 9.88. The van der Waals surface area contributed by atoms with Crippen molar-refractivity contribution in [3.63, 3.8) is 0 Å². The van der Waals surface area contributed by atoms with E-state index in [2.05, 4.69) is 22.5 Å². The van der Waals surface area contributed by atoms with Crippen LogP contribution in [-0.2, 0) is 19.2 Å². The number of rotatable bonds is 13. The van der Waals surface area contributed by atoms with Gasteiger partial charge in [0.15, 0.2) is 0 Å². The van der Waals surface area contributed by atoms with Crippen molar-refractivity contribution in [3.8, 4) is 0 Å². The number of carbonyl (C=O) groups is 4. The van der Waals surface area contributed by atoms with Gasteiger partial charge in [0, 0.05) is 24.0 Å². The van der Waals surface area contributed by atoms with Crippen molar-refractivity contribution < 1.29 is 29.1 Å². The summed E-state index contributed by atoms with van der Waals surface area (Å²) in [5.41, 5.74) is 1.52. The molecule has 1 aromatic carbocycles. The van der Waals surface area contributed by atoms with E-state index < -0.39 is 41.9 Å². The highest BCUT2D eigenvalue weighted by Crippen LogP contribution is 2.31. The molecule has 3 heterocycles. The predicted molar refractivity (Wildman–Crippen MR) is 181 cm³/mol. The Morgan fingerprint density at radius 3 is 2.40 bits per heavy atom. The van der Waals surface area contributed by atoms with Gasteiger partial charge in [-0.25, -0.2) is 0 Å². The van der Waals surface area contributed by atoms with Crippen LogP contribution in [-0.4, -0.2) is 82.3 Å². The summed E-state index contributed by atoms with van der Waals surface area (Å²) in [4.78, 5) is 63.7. The smallest absolute Gasteiger partial charge is 0.246 e. The number of nitrogens with one attached hydrogen (secondary N) is 3. The Bertz CT molecular complexity index is 1410. The fourth-order valence-electron chi connectivity index (χ4n) is 6.86. The van der Waals surface area contributed by atoms with Crippen LogP contribution < -0.4 is 20.8 Å². The summed E-state index contributed by atoms with van der Waals surface area (Å²) in [7, 11) is 1.55. The monoisotopic (exact) mass is 651 g/mol. The van der Waals surface area contributed by atoms with Gasteiger partial charge in [-0.15, -0.1) is 6.58 Å². The summed E-state index contributed by atoms with van der Waals surface area (Å²) in [6, 6.07) is 4.01. The first-order valence-electron chi connectivity index (χ1n) is 17.3. The summed E-state index contributed by atoms with van der Waals surface area (Å²) in [6.45, 7) is 10.1. The molecule has 2 aromatic rings. The summed E-state index contributed by atoms with van der Waals surface area (Å²) in [5, 5.41) is 19.4. The van der Waals surface area contributed by atoms with Gasteiger partial charge in [0.2, 0.25) is 23.6 Å². The van der Waals surface area contributed by atoms with E-state index in [9.17, 15) is 24.3 Å². The molecule has 2 aliphatic heterocycles. The average Bonchev–Trinajstić information content (AvgIpc) is 3.45. The fraction of sp³-hybridized carbons (Fsp3) is 0.611. The van der Waals surface area contributed by atoms with Crippen LogP contribution in [0.2, 0.25) is 0 Å². The SMILES string of the molecule is C=CC(c1cn(OC)c2ccccc12)[C@@H]1NC(=O)[C@H](CCCCCCC(C)O)NC(=O)[C@H]2CCCCN2C(=O)[C@H](C(C)CC)NC1=O. The Hall–Kier alpha value is -3.86. The molecule has 3 unspecified atom stereocenters. The number of para-hydroxylation sites is 1. The minimum absolute atomic E-state index is 0.212. The van der Waals surface area contributed by atoms with E-state index in [1.54, 1.807) is 35.9 Å². The van der Waals surface area contributed by atoms with E-state index in [-0.39, 0.29) is 23.8 Å². The van der Waals surface area contributed by atoms with Crippen LogP contribution in [0.4, 0.5) is 0 Å². The Morgan fingerprint density at radius 1 is 0.979 bits per heavy atom. The van der Waals surface area contributed by atoms with E-state index in [4.69, 9.17) is 4.84 Å². The van der Waals surface area contributed by atoms with Crippen LogP contribution in [0.5, 0.6) is 0 Å². The Morgan fingerprint density at radius 2 is 1.70 bits per heavy atom. The van der Waals surface area contributed by atoms with E-state index in [0.29, 0.717) is 38.6 Å². The second kappa shape index (κ2) is 16.8. The molecular weight excluding hydrogens is 598 g/mol. The topological polar surface area (TPSA) is 142 Å². The van der Waals surface area contributed by atoms with Crippen molar-refractivity contribution in [2.45, 2.75) is 121 Å². The standard InChI is InChI=1S/C36H53N5O6/c1-6-23(3)31-36(46)40-21-15-14-20-30(40)34(44)37-28(18-11-9-8-10-16-24(4)42)33(43)39-32(35(45)38-31)25(7-2)27-22-41(47-5)29-19-13-12-17-26(27)29/h7,12-13,17,19,22-25,28,30-32,42H,2,6,8-11,14-16,18,20-21H2,1,3-5H3,(H,37,44)(H,38,45)(H,39,43)/t23?,24?,25?,28-,30+,31-,32-/m0/s1. The first kappa shape index (κ1) is 36.0. The van der Waals surface area contributed by atoms with Gasteiger partial charge in [0.25, 0.3) is 0 Å². The summed E-state index contributed by atoms with van der Waals surface area (Å²) < 4.78 is 1.61. The molecule has 11 nitrogen and oxygen atoms in total. The van der Waals surface area contributed by atoms with Gasteiger partial charge in [0.05, 0.1) is 11.6 Å². The van der Waals surface area contributed by atoms with Crippen LogP contribution in [0.15, 0.2) is 43.1 Å². The minimum atomic E-state index is -1.13. The van der Waals surface area contributed by atoms with E-state index in [0.717, 1.165) is 48.6 Å². The third kappa shape index (κ3) is 8.54. The maximum Gasteiger partial charge on any atom is 0.246 e. The molecule has 0 spiro atoms. The predicted octanol–water partition coefficient (Wildman–Crippen LogP) is 3.59. The zero-order valence-electron chi connectivity index (χ0n) is 28.4. The first-order valence-corrected chi connectivity index (χ1v) is 17.3. The second-order valence-electron chi connectivity index (χ2n) is 13.2. The van der Waals surface area contributed by atoms with Crippen molar-refractivity contribution in [3.05, 3.63) is 48.7 Å². The molecule has 47 heavy (non-hydrogen) atoms. The van der Waals surface area contributed by atoms with Gasteiger partial charge in [0.1, 0.15) is 31.3 Å². The third-order valence-corrected chi connectivity index (χ3v) is 9.82. The number of unbranched alkanes of at least 4 members (excludes halogenated alkanes) is 3. The molecule has 2 saturated heterocycles. The lowest BCUT2D eigenvalue weighted by Gasteiger charge is -2.40. The van der Waals surface area contributed by atoms with Crippen molar-refractivity contribution >= 4 is 34.5 Å². The normalized spacial score (nSPS) is 24.6. The third-order valence-electron chi connectivity index (χ3n) is 9.82. The zero-order valence-corrected chi connectivity index (χ0v) is 28.4. The van der Waals surface area contributed by atoms with Gasteiger partial charge in [-0.3, -0.25) is 19.2 Å². The molecule has 0 aliphatic carbocycles. The summed E-state index contributed by atoms with van der Waals surface area (Å²) >= 11 is 0. The molecule has 11 heteroatoms. The maximum atomic E-state index is 14.4. The van der Waals surface area contributed by atoms with Crippen molar-refractivity contribution in [2.75, 3.05) is 13.7 Å². The molecule has 258 valence electrons. The number of aliphatic hydroxyl groups is 1. The molecule has 2 fully saturated rings. The largest absolute Gasteiger partial charge is 0.417 e. The minimum Gasteiger partial charge on any atom is -0.417 e. The molecule has 1 aromatic heterocycles. The molecular formula is C36H53N5O6. The number of amides is 4. The quantitative estimate of drug-likeness (QED) is 0.193. The highest BCUT2D eigenvalue weighted by atomic mass is 16.6. The van der Waals surface area contributed by atoms with Gasteiger partial charge in [-0.05, 0) is 56.6 Å². The van der Waals surface area contributed by atoms with Crippen LogP contribution >= 0.6 is 0 Å². The van der Waals surface area contributed by atoms with Crippen LogP contribution in [0.3, 0.4) is 0 Å². The summed E-state index contributed by atoms with van der Waals surface area (Å²) in [6.07, 6.45) is 10.1.